The van der Waals surface area contributed by atoms with Gasteiger partial charge < -0.3 is 4.79 Å². The quantitative estimate of drug-likeness (QED) is 0.262. The third kappa shape index (κ3) is 2.14. The van der Waals surface area contributed by atoms with E-state index in [4.69, 9.17) is 0 Å². The van der Waals surface area contributed by atoms with Gasteiger partial charge >= 0.3 is 0 Å². The van der Waals surface area contributed by atoms with Crippen molar-refractivity contribution < 1.29 is 4.79 Å². The third-order valence-corrected chi connectivity index (χ3v) is 5.49. The number of benzene rings is 5. The molecule has 0 heterocycles. The van der Waals surface area contributed by atoms with Gasteiger partial charge in [-0.2, -0.15) is 0 Å². The summed E-state index contributed by atoms with van der Waals surface area (Å²) in [5.41, 5.74) is 1.07. The topological polar surface area (TPSA) is 17.1 Å². The van der Waals surface area contributed by atoms with Crippen LogP contribution in [0.3, 0.4) is 0 Å². The predicted molar refractivity (Wildman–Crippen MR) is 111 cm³/mol. The zero-order valence-electron chi connectivity index (χ0n) is 14.6. The van der Waals surface area contributed by atoms with Crippen molar-refractivity contribution in [1.29, 1.82) is 0 Å². The summed E-state index contributed by atoms with van der Waals surface area (Å²) >= 11 is 0. The zero-order valence-corrected chi connectivity index (χ0v) is 14.6. The highest BCUT2D eigenvalue weighted by molar-refractivity contribution is 6.22. The fourth-order valence-electron chi connectivity index (χ4n) is 4.01. The maximum Gasteiger partial charge on any atom is 0.127 e. The highest BCUT2D eigenvalue weighted by Crippen LogP contribution is 2.35. The Morgan fingerprint density at radius 3 is 1.88 bits per heavy atom. The van der Waals surface area contributed by atoms with E-state index in [0.29, 0.717) is 0 Å². The molecule has 0 spiro atoms. The lowest BCUT2D eigenvalue weighted by Crippen LogP contribution is -1.94. The van der Waals surface area contributed by atoms with Crippen molar-refractivity contribution in [3.63, 3.8) is 0 Å². The van der Waals surface area contributed by atoms with Crippen molar-refractivity contribution in [2.75, 3.05) is 0 Å². The number of hydrogen-bond donors (Lipinski definition) is 0. The second-order valence-corrected chi connectivity index (χ2v) is 7.01. The molecular weight excluding hydrogens is 316 g/mol. The van der Waals surface area contributed by atoms with E-state index in [1.54, 1.807) is 0 Å². The van der Waals surface area contributed by atoms with Crippen LogP contribution in [0.25, 0.3) is 43.1 Å². The van der Waals surface area contributed by atoms with Crippen molar-refractivity contribution in [2.45, 2.75) is 12.8 Å². The average molecular weight is 334 g/mol. The molecular formula is C25H18O. The summed E-state index contributed by atoms with van der Waals surface area (Å²) in [6, 6.07) is 28.2. The lowest BCUT2D eigenvalue weighted by molar-refractivity contribution is -0.108. The van der Waals surface area contributed by atoms with Gasteiger partial charge in [-0.25, -0.2) is 0 Å². The van der Waals surface area contributed by atoms with E-state index in [0.717, 1.165) is 11.8 Å². The van der Waals surface area contributed by atoms with E-state index >= 15 is 0 Å². The molecule has 124 valence electrons. The maximum absolute atomic E-state index is 11.2. The van der Waals surface area contributed by atoms with Gasteiger partial charge in [-0.1, -0.05) is 79.7 Å². The SMILES string of the molecule is CC(C=O)c1ccc2ccc3c(ccc4c5ccccc5ccc43)c2c1. The first-order valence-electron chi connectivity index (χ1n) is 8.98. The summed E-state index contributed by atoms with van der Waals surface area (Å²) < 4.78 is 0. The molecule has 1 nitrogen and oxygen atoms in total. The summed E-state index contributed by atoms with van der Waals surface area (Å²) in [4.78, 5) is 11.2. The van der Waals surface area contributed by atoms with Crippen LogP contribution in [0.5, 0.6) is 0 Å². The molecule has 0 aromatic heterocycles. The predicted octanol–water partition coefficient (Wildman–Crippen LogP) is 6.60. The van der Waals surface area contributed by atoms with Crippen molar-refractivity contribution in [3.8, 4) is 0 Å². The molecule has 26 heavy (non-hydrogen) atoms. The van der Waals surface area contributed by atoms with Gasteiger partial charge in [0.1, 0.15) is 6.29 Å². The van der Waals surface area contributed by atoms with Crippen molar-refractivity contribution in [1.82, 2.24) is 0 Å². The molecule has 0 aliphatic carbocycles. The van der Waals surface area contributed by atoms with Crippen molar-refractivity contribution >= 4 is 49.4 Å². The third-order valence-electron chi connectivity index (χ3n) is 5.49. The molecule has 0 saturated heterocycles. The first-order chi connectivity index (χ1) is 12.8. The summed E-state index contributed by atoms with van der Waals surface area (Å²) in [5.74, 6) is -0.0842. The minimum atomic E-state index is -0.0842. The molecule has 1 heteroatoms. The van der Waals surface area contributed by atoms with Crippen LogP contribution in [-0.4, -0.2) is 6.29 Å². The average Bonchev–Trinajstić information content (AvgIpc) is 2.71. The Morgan fingerprint density at radius 1 is 0.615 bits per heavy atom. The van der Waals surface area contributed by atoms with Gasteiger partial charge in [0, 0.05) is 5.92 Å². The summed E-state index contributed by atoms with van der Waals surface area (Å²) in [6.45, 7) is 1.95. The molecule has 1 atom stereocenters. The van der Waals surface area contributed by atoms with Crippen LogP contribution in [0.15, 0.2) is 78.9 Å². The van der Waals surface area contributed by atoms with Gasteiger partial charge in [0.2, 0.25) is 0 Å². The monoisotopic (exact) mass is 334 g/mol. The standard InChI is InChI=1S/C25H18O/c1-16(15-26)19-7-6-18-9-11-23-22-10-8-17-4-2-3-5-20(17)21(22)12-13-24(23)25(18)14-19/h2-16H,1H3. The Balaban J connectivity index is 1.91. The van der Waals surface area contributed by atoms with Gasteiger partial charge in [-0.15, -0.1) is 0 Å². The molecule has 1 unspecified atom stereocenters. The Labute approximate surface area is 151 Å². The Bertz CT molecular complexity index is 1310. The van der Waals surface area contributed by atoms with Gasteiger partial charge in [-0.05, 0) is 54.7 Å². The number of carbonyl (C=O) groups excluding carboxylic acids is 1. The number of hydrogen-bond acceptors (Lipinski definition) is 1. The molecule has 0 aliphatic heterocycles. The van der Waals surface area contributed by atoms with Gasteiger partial charge in [0.05, 0.1) is 0 Å². The number of rotatable bonds is 2. The zero-order chi connectivity index (χ0) is 17.7. The molecule has 5 rings (SSSR count). The van der Waals surface area contributed by atoms with Gasteiger partial charge in [-0.3, -0.25) is 0 Å². The van der Waals surface area contributed by atoms with Crippen LogP contribution >= 0.6 is 0 Å². The first-order valence-corrected chi connectivity index (χ1v) is 8.98. The maximum atomic E-state index is 11.2. The van der Waals surface area contributed by atoms with E-state index in [-0.39, 0.29) is 5.92 Å². The molecule has 0 aliphatic rings. The second-order valence-electron chi connectivity index (χ2n) is 7.01. The van der Waals surface area contributed by atoms with E-state index in [9.17, 15) is 4.79 Å². The molecule has 5 aromatic carbocycles. The summed E-state index contributed by atoms with van der Waals surface area (Å²) in [5, 5.41) is 10.0. The van der Waals surface area contributed by atoms with E-state index in [2.05, 4.69) is 78.9 Å². The van der Waals surface area contributed by atoms with Crippen LogP contribution in [0.4, 0.5) is 0 Å². The lowest BCUT2D eigenvalue weighted by atomic mass is 9.92. The van der Waals surface area contributed by atoms with E-state index in [1.165, 1.54) is 43.1 Å². The summed E-state index contributed by atoms with van der Waals surface area (Å²) in [7, 11) is 0. The van der Waals surface area contributed by atoms with Gasteiger partial charge in [0.25, 0.3) is 0 Å². The largest absolute Gasteiger partial charge is 0.303 e. The second kappa shape index (κ2) is 5.67. The molecule has 0 N–H and O–H groups in total. The molecule has 0 saturated carbocycles. The van der Waals surface area contributed by atoms with Crippen molar-refractivity contribution in [2.24, 2.45) is 0 Å². The molecule has 0 radical (unpaired) electrons. The molecule has 0 bridgehead atoms. The lowest BCUT2D eigenvalue weighted by Gasteiger charge is -2.12. The highest BCUT2D eigenvalue weighted by atomic mass is 16.1. The minimum Gasteiger partial charge on any atom is -0.303 e. The summed E-state index contributed by atoms with van der Waals surface area (Å²) in [6.07, 6.45) is 1.01. The van der Waals surface area contributed by atoms with Crippen LogP contribution in [-0.2, 0) is 4.79 Å². The van der Waals surface area contributed by atoms with Crippen LogP contribution in [0.1, 0.15) is 18.4 Å². The molecule has 0 amide bonds. The van der Waals surface area contributed by atoms with E-state index in [1.807, 2.05) is 6.92 Å². The molecule has 0 fully saturated rings. The number of carbonyl (C=O) groups is 1. The minimum absolute atomic E-state index is 0.0842. The van der Waals surface area contributed by atoms with E-state index < -0.39 is 0 Å². The number of aldehydes is 1. The normalized spacial score (nSPS) is 12.8. The Kier molecular flexibility index (Phi) is 3.29. The molecule has 5 aromatic rings. The number of fused-ring (bicyclic) bond motifs is 7. The first kappa shape index (κ1) is 15.1. The van der Waals surface area contributed by atoms with Crippen LogP contribution in [0.2, 0.25) is 0 Å². The van der Waals surface area contributed by atoms with Crippen LogP contribution < -0.4 is 0 Å². The van der Waals surface area contributed by atoms with Gasteiger partial charge in [0.15, 0.2) is 0 Å². The Hall–Kier alpha value is -3.19. The fraction of sp³-hybridized carbons (Fsp3) is 0.0800. The fourth-order valence-corrected chi connectivity index (χ4v) is 4.01. The highest BCUT2D eigenvalue weighted by Gasteiger charge is 2.09. The smallest absolute Gasteiger partial charge is 0.127 e. The Morgan fingerprint density at radius 2 is 1.15 bits per heavy atom. The van der Waals surface area contributed by atoms with Crippen molar-refractivity contribution in [3.05, 3.63) is 84.4 Å². The van der Waals surface area contributed by atoms with Crippen LogP contribution in [0, 0.1) is 0 Å².